The third-order valence-corrected chi connectivity index (χ3v) is 4.73. The molecule has 25 heavy (non-hydrogen) atoms. The molecule has 0 saturated carbocycles. The second-order valence-corrected chi connectivity index (χ2v) is 6.55. The fourth-order valence-electron chi connectivity index (χ4n) is 3.18. The van der Waals surface area contributed by atoms with E-state index in [1.165, 1.54) is 6.07 Å². The first-order valence-electron chi connectivity index (χ1n) is 7.85. The number of aliphatic hydroxyl groups is 1. The largest absolute Gasteiger partial charge is 0.457 e. The molecule has 4 aromatic rings. The lowest BCUT2D eigenvalue weighted by molar-refractivity contribution is 0.191. The van der Waals surface area contributed by atoms with Crippen molar-refractivity contribution in [3.8, 4) is 0 Å². The maximum Gasteiger partial charge on any atom is 0.336 e. The fourth-order valence-corrected chi connectivity index (χ4v) is 3.31. The van der Waals surface area contributed by atoms with Gasteiger partial charge in [0.1, 0.15) is 23.0 Å². The number of furan rings is 1. The van der Waals surface area contributed by atoms with Crippen LogP contribution < -0.4 is 5.63 Å². The number of fused-ring (bicyclic) bond motifs is 3. The molecule has 0 amide bonds. The third-order valence-electron chi connectivity index (χ3n) is 4.48. The lowest BCUT2D eigenvalue weighted by atomic mass is 10.0. The molecule has 0 unspecified atom stereocenters. The summed E-state index contributed by atoms with van der Waals surface area (Å²) in [7, 11) is 0. The second-order valence-electron chi connectivity index (χ2n) is 6.11. The van der Waals surface area contributed by atoms with Gasteiger partial charge >= 0.3 is 5.63 Å². The maximum atomic E-state index is 11.8. The first-order chi connectivity index (χ1) is 12.0. The molecule has 4 rings (SSSR count). The number of benzene rings is 2. The van der Waals surface area contributed by atoms with Crippen molar-refractivity contribution in [3.63, 3.8) is 0 Å². The van der Waals surface area contributed by atoms with E-state index < -0.39 is 11.7 Å². The summed E-state index contributed by atoms with van der Waals surface area (Å²) in [5.74, 6) is 0.425. The highest BCUT2D eigenvalue weighted by atomic mass is 35.5. The maximum absolute atomic E-state index is 11.8. The number of halogens is 1. The molecule has 1 N–H and O–H groups in total. The minimum absolute atomic E-state index is 0.405. The van der Waals surface area contributed by atoms with E-state index in [-0.39, 0.29) is 0 Å². The Morgan fingerprint density at radius 3 is 2.48 bits per heavy atom. The molecule has 2 aromatic carbocycles. The Morgan fingerprint density at radius 1 is 1.04 bits per heavy atom. The molecule has 0 spiro atoms. The van der Waals surface area contributed by atoms with E-state index >= 15 is 0 Å². The SMILES string of the molecule is Cc1cc(=O)oc2c1ccc1oc([C@H](O)c3ccc(Cl)cc3)c(C)c12. The monoisotopic (exact) mass is 354 g/mol. The summed E-state index contributed by atoms with van der Waals surface area (Å²) in [5, 5.41) is 12.9. The molecule has 0 fully saturated rings. The Balaban J connectivity index is 1.97. The van der Waals surface area contributed by atoms with Crippen LogP contribution in [-0.2, 0) is 0 Å². The summed E-state index contributed by atoms with van der Waals surface area (Å²) >= 11 is 5.91. The molecule has 0 aliphatic heterocycles. The normalized spacial score (nSPS) is 12.8. The Hall–Kier alpha value is -2.56. The molecule has 4 nitrogen and oxygen atoms in total. The quantitative estimate of drug-likeness (QED) is 0.520. The van der Waals surface area contributed by atoms with Crippen molar-refractivity contribution in [2.24, 2.45) is 0 Å². The van der Waals surface area contributed by atoms with Crippen LogP contribution in [0.5, 0.6) is 0 Å². The third kappa shape index (κ3) is 2.54. The van der Waals surface area contributed by atoms with Gasteiger partial charge in [-0.1, -0.05) is 23.7 Å². The lowest BCUT2D eigenvalue weighted by Gasteiger charge is -2.09. The zero-order chi connectivity index (χ0) is 17.7. The summed E-state index contributed by atoms with van der Waals surface area (Å²) in [5.41, 5.74) is 2.91. The van der Waals surface area contributed by atoms with Crippen molar-refractivity contribution in [2.75, 3.05) is 0 Å². The standard InChI is InChI=1S/C20H15ClO4/c1-10-9-16(22)25-20-14(10)7-8-15-17(20)11(2)19(24-15)18(23)12-3-5-13(21)6-4-12/h3-9,18,23H,1-2H3/t18-/m1/s1. The van der Waals surface area contributed by atoms with Crippen LogP contribution in [0.2, 0.25) is 5.02 Å². The highest BCUT2D eigenvalue weighted by Crippen LogP contribution is 2.37. The molecule has 2 heterocycles. The molecule has 126 valence electrons. The molecular formula is C20H15ClO4. The van der Waals surface area contributed by atoms with Gasteiger partial charge in [-0.3, -0.25) is 0 Å². The highest BCUT2D eigenvalue weighted by Gasteiger charge is 2.22. The smallest absolute Gasteiger partial charge is 0.336 e. The van der Waals surface area contributed by atoms with Gasteiger partial charge in [0, 0.05) is 22.0 Å². The van der Waals surface area contributed by atoms with Gasteiger partial charge < -0.3 is 13.9 Å². The van der Waals surface area contributed by atoms with Crippen LogP contribution in [-0.4, -0.2) is 5.11 Å². The average Bonchev–Trinajstić information content (AvgIpc) is 2.92. The van der Waals surface area contributed by atoms with Gasteiger partial charge in [-0.25, -0.2) is 4.79 Å². The number of aryl methyl sites for hydroxylation is 2. The number of rotatable bonds is 2. The predicted octanol–water partition coefficient (Wildman–Crippen LogP) is 4.89. The molecule has 0 bridgehead atoms. The summed E-state index contributed by atoms with van der Waals surface area (Å²) < 4.78 is 11.3. The Labute approximate surface area is 148 Å². The summed E-state index contributed by atoms with van der Waals surface area (Å²) in [6.45, 7) is 3.71. The van der Waals surface area contributed by atoms with E-state index in [0.717, 1.165) is 16.5 Å². The van der Waals surface area contributed by atoms with E-state index in [4.69, 9.17) is 20.4 Å². The molecule has 2 aromatic heterocycles. The minimum Gasteiger partial charge on any atom is -0.457 e. The van der Waals surface area contributed by atoms with E-state index in [2.05, 4.69) is 0 Å². The number of aliphatic hydroxyl groups excluding tert-OH is 1. The predicted molar refractivity (Wildman–Crippen MR) is 97.2 cm³/mol. The van der Waals surface area contributed by atoms with E-state index in [9.17, 15) is 9.90 Å². The van der Waals surface area contributed by atoms with Gasteiger partial charge in [0.15, 0.2) is 0 Å². The van der Waals surface area contributed by atoms with E-state index in [1.54, 1.807) is 24.3 Å². The Bertz CT molecular complexity index is 1150. The van der Waals surface area contributed by atoms with Crippen molar-refractivity contribution in [2.45, 2.75) is 20.0 Å². The first-order valence-corrected chi connectivity index (χ1v) is 8.23. The first kappa shape index (κ1) is 15.9. The second kappa shape index (κ2) is 5.76. The van der Waals surface area contributed by atoms with Crippen LogP contribution in [0.1, 0.15) is 28.6 Å². The lowest BCUT2D eigenvalue weighted by Crippen LogP contribution is -2.00. The summed E-state index contributed by atoms with van der Waals surface area (Å²) in [4.78, 5) is 11.8. The van der Waals surface area contributed by atoms with Crippen LogP contribution >= 0.6 is 11.6 Å². The Kier molecular flexibility index (Phi) is 3.67. The zero-order valence-corrected chi connectivity index (χ0v) is 14.4. The van der Waals surface area contributed by atoms with Crippen LogP contribution in [0, 0.1) is 13.8 Å². The number of hydrogen-bond donors (Lipinski definition) is 1. The topological polar surface area (TPSA) is 63.6 Å². The van der Waals surface area contributed by atoms with Gasteiger partial charge in [0.25, 0.3) is 0 Å². The zero-order valence-electron chi connectivity index (χ0n) is 13.7. The van der Waals surface area contributed by atoms with Gasteiger partial charge in [-0.05, 0) is 49.2 Å². The van der Waals surface area contributed by atoms with Crippen LogP contribution in [0.15, 0.2) is 56.1 Å². The minimum atomic E-state index is -0.934. The van der Waals surface area contributed by atoms with Crippen molar-refractivity contribution in [1.29, 1.82) is 0 Å². The van der Waals surface area contributed by atoms with E-state index in [0.29, 0.717) is 32.9 Å². The molecule has 0 aliphatic carbocycles. The summed E-state index contributed by atoms with van der Waals surface area (Å²) in [6.07, 6.45) is -0.934. The van der Waals surface area contributed by atoms with Crippen molar-refractivity contribution >= 4 is 33.5 Å². The van der Waals surface area contributed by atoms with Gasteiger partial charge in [0.2, 0.25) is 0 Å². The fraction of sp³-hybridized carbons (Fsp3) is 0.150. The molecule has 0 saturated heterocycles. The molecule has 0 radical (unpaired) electrons. The van der Waals surface area contributed by atoms with Gasteiger partial charge in [0.05, 0.1) is 5.39 Å². The van der Waals surface area contributed by atoms with Crippen molar-refractivity contribution in [1.82, 2.24) is 0 Å². The molecule has 1 atom stereocenters. The average molecular weight is 355 g/mol. The number of hydrogen-bond acceptors (Lipinski definition) is 4. The van der Waals surface area contributed by atoms with Crippen LogP contribution in [0.4, 0.5) is 0 Å². The van der Waals surface area contributed by atoms with Gasteiger partial charge in [-0.15, -0.1) is 0 Å². The summed E-state index contributed by atoms with van der Waals surface area (Å²) in [6, 6.07) is 12.1. The molecule has 5 heteroatoms. The van der Waals surface area contributed by atoms with Crippen molar-refractivity contribution < 1.29 is 13.9 Å². The molecular weight excluding hydrogens is 340 g/mol. The van der Waals surface area contributed by atoms with Gasteiger partial charge in [-0.2, -0.15) is 0 Å². The van der Waals surface area contributed by atoms with Crippen LogP contribution in [0.25, 0.3) is 21.9 Å². The van der Waals surface area contributed by atoms with Crippen LogP contribution in [0.3, 0.4) is 0 Å². The highest BCUT2D eigenvalue weighted by molar-refractivity contribution is 6.30. The molecule has 0 aliphatic rings. The van der Waals surface area contributed by atoms with E-state index in [1.807, 2.05) is 26.0 Å². The van der Waals surface area contributed by atoms with Crippen molar-refractivity contribution in [3.05, 3.63) is 80.4 Å². The Morgan fingerprint density at radius 2 is 1.76 bits per heavy atom.